The number of nitrogens with zero attached hydrogens (tertiary/aromatic N) is 1. The molecular formula is C16H27BrN2. The molecule has 0 radical (unpaired) electrons. The molecule has 0 aliphatic carbocycles. The second-order valence-electron chi connectivity index (χ2n) is 5.12. The van der Waals surface area contributed by atoms with Crippen molar-refractivity contribution in [3.8, 4) is 0 Å². The van der Waals surface area contributed by atoms with Gasteiger partial charge in [0, 0.05) is 23.1 Å². The van der Waals surface area contributed by atoms with Crippen LogP contribution in [0.25, 0.3) is 0 Å². The van der Waals surface area contributed by atoms with Gasteiger partial charge in [0.1, 0.15) is 0 Å². The predicted molar refractivity (Wildman–Crippen MR) is 87.3 cm³/mol. The quantitative estimate of drug-likeness (QED) is 0.769. The van der Waals surface area contributed by atoms with Gasteiger partial charge in [-0.25, -0.2) is 0 Å². The Labute approximate surface area is 126 Å². The summed E-state index contributed by atoms with van der Waals surface area (Å²) >= 11 is 3.66. The Morgan fingerprint density at radius 2 is 1.95 bits per heavy atom. The summed E-state index contributed by atoms with van der Waals surface area (Å²) in [5.74, 6) is 0. The monoisotopic (exact) mass is 326 g/mol. The molecule has 0 aliphatic rings. The molecule has 1 aromatic carbocycles. The second-order valence-corrected chi connectivity index (χ2v) is 5.98. The fourth-order valence-corrected chi connectivity index (χ4v) is 2.99. The zero-order valence-corrected chi connectivity index (χ0v) is 14.0. The van der Waals surface area contributed by atoms with Crippen molar-refractivity contribution in [3.63, 3.8) is 0 Å². The van der Waals surface area contributed by atoms with Crippen molar-refractivity contribution in [2.45, 2.75) is 52.1 Å². The van der Waals surface area contributed by atoms with Gasteiger partial charge in [0.15, 0.2) is 0 Å². The van der Waals surface area contributed by atoms with Crippen LogP contribution in [0.4, 0.5) is 0 Å². The third kappa shape index (κ3) is 4.59. The van der Waals surface area contributed by atoms with Crippen molar-refractivity contribution in [1.29, 1.82) is 0 Å². The highest BCUT2D eigenvalue weighted by molar-refractivity contribution is 9.10. The molecule has 1 rings (SSSR count). The van der Waals surface area contributed by atoms with Crippen molar-refractivity contribution >= 4 is 15.9 Å². The standard InChI is InChI=1S/C16H27BrN2/c1-4-6-11-19(13(3)5-2)16(12-18)14-9-7-8-10-15(14)17/h7-10,13,16H,4-6,11-12,18H2,1-3H3. The Morgan fingerprint density at radius 3 is 2.47 bits per heavy atom. The van der Waals surface area contributed by atoms with Crippen LogP contribution in [0.15, 0.2) is 28.7 Å². The van der Waals surface area contributed by atoms with Gasteiger partial charge in [-0.05, 0) is 37.9 Å². The normalized spacial score (nSPS) is 14.6. The van der Waals surface area contributed by atoms with E-state index in [4.69, 9.17) is 5.73 Å². The summed E-state index contributed by atoms with van der Waals surface area (Å²) in [4.78, 5) is 2.56. The van der Waals surface area contributed by atoms with Gasteiger partial charge in [-0.2, -0.15) is 0 Å². The first-order chi connectivity index (χ1) is 9.15. The van der Waals surface area contributed by atoms with Crippen LogP contribution in [0.3, 0.4) is 0 Å². The minimum atomic E-state index is 0.303. The molecule has 2 nitrogen and oxygen atoms in total. The van der Waals surface area contributed by atoms with Crippen molar-refractivity contribution in [2.75, 3.05) is 13.1 Å². The highest BCUT2D eigenvalue weighted by atomic mass is 79.9. The summed E-state index contributed by atoms with van der Waals surface area (Å²) in [5, 5.41) is 0. The van der Waals surface area contributed by atoms with E-state index < -0.39 is 0 Å². The molecule has 0 spiro atoms. The van der Waals surface area contributed by atoms with Crippen molar-refractivity contribution in [1.82, 2.24) is 4.90 Å². The van der Waals surface area contributed by atoms with Gasteiger partial charge < -0.3 is 5.73 Å². The first-order valence-corrected chi connectivity index (χ1v) is 8.15. The molecule has 2 atom stereocenters. The lowest BCUT2D eigenvalue weighted by Crippen LogP contribution is -2.40. The third-order valence-electron chi connectivity index (χ3n) is 3.81. The van der Waals surface area contributed by atoms with Crippen LogP contribution in [0.5, 0.6) is 0 Å². The largest absolute Gasteiger partial charge is 0.329 e. The molecular weight excluding hydrogens is 300 g/mol. The van der Waals surface area contributed by atoms with Crippen LogP contribution < -0.4 is 5.73 Å². The van der Waals surface area contributed by atoms with E-state index in [1.165, 1.54) is 18.4 Å². The molecule has 108 valence electrons. The highest BCUT2D eigenvalue weighted by Gasteiger charge is 2.23. The highest BCUT2D eigenvalue weighted by Crippen LogP contribution is 2.29. The Bertz CT molecular complexity index is 368. The maximum atomic E-state index is 6.08. The summed E-state index contributed by atoms with van der Waals surface area (Å²) in [7, 11) is 0. The van der Waals surface area contributed by atoms with Crippen molar-refractivity contribution in [2.24, 2.45) is 5.73 Å². The van der Waals surface area contributed by atoms with Gasteiger partial charge in [0.2, 0.25) is 0 Å². The van der Waals surface area contributed by atoms with Crippen molar-refractivity contribution in [3.05, 3.63) is 34.3 Å². The lowest BCUT2D eigenvalue weighted by Gasteiger charge is -2.36. The van der Waals surface area contributed by atoms with E-state index in [9.17, 15) is 0 Å². The number of nitrogens with two attached hydrogens (primary N) is 1. The summed E-state index contributed by atoms with van der Waals surface area (Å²) in [6.45, 7) is 8.57. The Hall–Kier alpha value is -0.380. The number of hydrogen-bond donors (Lipinski definition) is 1. The molecule has 0 aromatic heterocycles. The fourth-order valence-electron chi connectivity index (χ4n) is 2.44. The smallest absolute Gasteiger partial charge is 0.0484 e. The molecule has 2 N–H and O–H groups in total. The summed E-state index contributed by atoms with van der Waals surface area (Å²) < 4.78 is 1.16. The second kappa shape index (κ2) is 8.72. The maximum Gasteiger partial charge on any atom is 0.0484 e. The third-order valence-corrected chi connectivity index (χ3v) is 4.54. The Morgan fingerprint density at radius 1 is 1.26 bits per heavy atom. The average Bonchev–Trinajstić information content (AvgIpc) is 2.44. The number of benzene rings is 1. The molecule has 0 aliphatic heterocycles. The summed E-state index contributed by atoms with van der Waals surface area (Å²) in [6.07, 6.45) is 3.61. The van der Waals surface area contributed by atoms with Crippen LogP contribution in [0, 0.1) is 0 Å². The topological polar surface area (TPSA) is 29.3 Å². The molecule has 2 unspecified atom stereocenters. The lowest BCUT2D eigenvalue weighted by atomic mass is 10.0. The molecule has 0 saturated carbocycles. The predicted octanol–water partition coefficient (Wildman–Crippen LogP) is 4.35. The van der Waals surface area contributed by atoms with Crippen LogP contribution in [-0.4, -0.2) is 24.0 Å². The Balaban J connectivity index is 2.98. The summed E-state index contributed by atoms with van der Waals surface area (Å²) in [6, 6.07) is 9.30. The zero-order chi connectivity index (χ0) is 14.3. The van der Waals surface area contributed by atoms with Crippen molar-refractivity contribution < 1.29 is 0 Å². The van der Waals surface area contributed by atoms with Gasteiger partial charge in [0.05, 0.1) is 0 Å². The molecule has 0 saturated heterocycles. The van der Waals surface area contributed by atoms with Gasteiger partial charge in [-0.3, -0.25) is 4.90 Å². The number of unbranched alkanes of at least 4 members (excludes halogenated alkanes) is 1. The van der Waals surface area contributed by atoms with E-state index in [1.807, 2.05) is 0 Å². The van der Waals surface area contributed by atoms with Crippen LogP contribution in [-0.2, 0) is 0 Å². The molecule has 0 heterocycles. The number of rotatable bonds is 8. The molecule has 1 aromatic rings. The van der Waals surface area contributed by atoms with Gasteiger partial charge >= 0.3 is 0 Å². The molecule has 19 heavy (non-hydrogen) atoms. The first-order valence-electron chi connectivity index (χ1n) is 7.35. The van der Waals surface area contributed by atoms with Gasteiger partial charge in [-0.1, -0.05) is 54.4 Å². The summed E-state index contributed by atoms with van der Waals surface area (Å²) in [5.41, 5.74) is 7.38. The van der Waals surface area contributed by atoms with E-state index in [0.717, 1.165) is 17.4 Å². The first kappa shape index (κ1) is 16.7. The van der Waals surface area contributed by atoms with Crippen LogP contribution in [0.2, 0.25) is 0 Å². The van der Waals surface area contributed by atoms with Crippen LogP contribution >= 0.6 is 15.9 Å². The minimum absolute atomic E-state index is 0.303. The fraction of sp³-hybridized carbons (Fsp3) is 0.625. The number of hydrogen-bond acceptors (Lipinski definition) is 2. The van der Waals surface area contributed by atoms with E-state index in [2.05, 4.69) is 65.9 Å². The SMILES string of the molecule is CCCCN(C(C)CC)C(CN)c1ccccc1Br. The average molecular weight is 327 g/mol. The van der Waals surface area contributed by atoms with Crippen LogP contribution in [0.1, 0.15) is 51.6 Å². The lowest BCUT2D eigenvalue weighted by molar-refractivity contribution is 0.140. The Kier molecular flexibility index (Phi) is 7.66. The van der Waals surface area contributed by atoms with E-state index in [1.54, 1.807) is 0 Å². The maximum absolute atomic E-state index is 6.08. The zero-order valence-electron chi connectivity index (χ0n) is 12.4. The molecule has 3 heteroatoms. The van der Waals surface area contributed by atoms with E-state index in [0.29, 0.717) is 18.6 Å². The van der Waals surface area contributed by atoms with Gasteiger partial charge in [-0.15, -0.1) is 0 Å². The molecule has 0 amide bonds. The molecule has 0 bridgehead atoms. The van der Waals surface area contributed by atoms with E-state index >= 15 is 0 Å². The van der Waals surface area contributed by atoms with Gasteiger partial charge in [0.25, 0.3) is 0 Å². The van der Waals surface area contributed by atoms with E-state index in [-0.39, 0.29) is 0 Å². The molecule has 0 fully saturated rings. The number of halogens is 1. The minimum Gasteiger partial charge on any atom is -0.329 e.